The maximum Gasteiger partial charge on any atom is 0.0950 e. The molecule has 1 saturated heterocycles. The lowest BCUT2D eigenvalue weighted by Crippen LogP contribution is -2.36. The number of nitrogens with zero attached hydrogens (tertiary/aromatic N) is 1. The third-order valence-electron chi connectivity index (χ3n) is 3.38. The van der Waals surface area contributed by atoms with E-state index in [1.807, 2.05) is 6.07 Å². The molecule has 2 rings (SSSR count). The first kappa shape index (κ1) is 13.8. The molecule has 1 aliphatic heterocycles. The molecule has 1 heterocycles. The van der Waals surface area contributed by atoms with Crippen LogP contribution < -0.4 is 0 Å². The van der Waals surface area contributed by atoms with Gasteiger partial charge in [0.1, 0.15) is 0 Å². The quantitative estimate of drug-likeness (QED) is 0.815. The van der Waals surface area contributed by atoms with Crippen LogP contribution in [0.2, 0.25) is 0 Å². The largest absolute Gasteiger partial charge is 0.243 e. The zero-order chi connectivity index (χ0) is 13.0. The Morgan fingerprint density at radius 3 is 2.67 bits per heavy atom. The molecule has 1 aromatic carbocycles. The Labute approximate surface area is 113 Å². The fourth-order valence-electron chi connectivity index (χ4n) is 2.54. The Balaban J connectivity index is 2.13. The standard InChI is InChI=1S/C15H23NOS/c1-13(2)12-18(17)16-11-7-6-10-15(16)14-8-4-3-5-9-14/h3-5,8-9,13,15H,6-7,10-12H2,1-2H3/t15-,18?/m0/s1. The Morgan fingerprint density at radius 2 is 2.00 bits per heavy atom. The van der Waals surface area contributed by atoms with Crippen molar-refractivity contribution in [3.63, 3.8) is 0 Å². The summed E-state index contributed by atoms with van der Waals surface area (Å²) in [6, 6.07) is 10.9. The van der Waals surface area contributed by atoms with Gasteiger partial charge in [0.2, 0.25) is 0 Å². The van der Waals surface area contributed by atoms with E-state index >= 15 is 0 Å². The summed E-state index contributed by atoms with van der Waals surface area (Å²) in [4.78, 5) is 0. The molecule has 1 aliphatic rings. The van der Waals surface area contributed by atoms with Gasteiger partial charge in [-0.2, -0.15) is 0 Å². The Bertz CT molecular complexity index is 391. The van der Waals surface area contributed by atoms with Crippen LogP contribution >= 0.6 is 0 Å². The van der Waals surface area contributed by atoms with Gasteiger partial charge in [-0.05, 0) is 24.3 Å². The Hall–Kier alpha value is -0.670. The molecule has 0 aromatic heterocycles. The summed E-state index contributed by atoms with van der Waals surface area (Å²) in [6.45, 7) is 5.25. The second kappa shape index (κ2) is 6.48. The van der Waals surface area contributed by atoms with Gasteiger partial charge in [0.15, 0.2) is 0 Å². The zero-order valence-electron chi connectivity index (χ0n) is 11.3. The van der Waals surface area contributed by atoms with Crippen LogP contribution in [0.1, 0.15) is 44.7 Å². The molecule has 18 heavy (non-hydrogen) atoms. The molecule has 0 spiro atoms. The molecule has 0 saturated carbocycles. The van der Waals surface area contributed by atoms with Crippen LogP contribution in [0.15, 0.2) is 30.3 Å². The van der Waals surface area contributed by atoms with Crippen molar-refractivity contribution in [2.45, 2.75) is 39.2 Å². The summed E-state index contributed by atoms with van der Waals surface area (Å²) >= 11 is 0. The van der Waals surface area contributed by atoms with Crippen LogP contribution in [0.25, 0.3) is 0 Å². The van der Waals surface area contributed by atoms with Crippen molar-refractivity contribution in [3.8, 4) is 0 Å². The first-order valence-electron chi connectivity index (χ1n) is 6.88. The average molecular weight is 265 g/mol. The van der Waals surface area contributed by atoms with Crippen LogP contribution in [0.3, 0.4) is 0 Å². The lowest BCUT2D eigenvalue weighted by Gasteiger charge is -2.35. The minimum atomic E-state index is -0.834. The van der Waals surface area contributed by atoms with Gasteiger partial charge in [0.05, 0.1) is 11.0 Å². The number of rotatable bonds is 4. The summed E-state index contributed by atoms with van der Waals surface area (Å²) in [6.07, 6.45) is 3.55. The maximum atomic E-state index is 12.4. The highest BCUT2D eigenvalue weighted by atomic mass is 32.2. The van der Waals surface area contributed by atoms with Gasteiger partial charge in [-0.1, -0.05) is 50.6 Å². The summed E-state index contributed by atoms with van der Waals surface area (Å²) in [5.41, 5.74) is 1.31. The molecule has 100 valence electrons. The third-order valence-corrected chi connectivity index (χ3v) is 5.29. The molecule has 0 amide bonds. The molecule has 3 heteroatoms. The highest BCUT2D eigenvalue weighted by molar-refractivity contribution is 7.82. The van der Waals surface area contributed by atoms with Crippen molar-refractivity contribution in [2.75, 3.05) is 12.3 Å². The van der Waals surface area contributed by atoms with E-state index in [0.717, 1.165) is 18.7 Å². The lowest BCUT2D eigenvalue weighted by molar-refractivity contribution is 0.267. The van der Waals surface area contributed by atoms with E-state index in [4.69, 9.17) is 0 Å². The minimum absolute atomic E-state index is 0.347. The fraction of sp³-hybridized carbons (Fsp3) is 0.600. The number of hydrogen-bond donors (Lipinski definition) is 0. The van der Waals surface area contributed by atoms with Crippen LogP contribution in [0, 0.1) is 5.92 Å². The highest BCUT2D eigenvalue weighted by Crippen LogP contribution is 2.32. The minimum Gasteiger partial charge on any atom is -0.243 e. The number of hydrogen-bond acceptors (Lipinski definition) is 1. The predicted octanol–water partition coefficient (Wildman–Crippen LogP) is 3.53. The van der Waals surface area contributed by atoms with Gasteiger partial charge >= 0.3 is 0 Å². The zero-order valence-corrected chi connectivity index (χ0v) is 12.2. The summed E-state index contributed by atoms with van der Waals surface area (Å²) in [5.74, 6) is 1.27. The lowest BCUT2D eigenvalue weighted by atomic mass is 9.98. The van der Waals surface area contributed by atoms with Gasteiger partial charge in [-0.25, -0.2) is 8.51 Å². The van der Waals surface area contributed by atoms with Crippen molar-refractivity contribution < 1.29 is 4.21 Å². The van der Waals surface area contributed by atoms with E-state index < -0.39 is 11.0 Å². The van der Waals surface area contributed by atoms with E-state index in [9.17, 15) is 4.21 Å². The molecular weight excluding hydrogens is 242 g/mol. The normalized spacial score (nSPS) is 23.2. The first-order valence-corrected chi connectivity index (χ1v) is 8.16. The maximum absolute atomic E-state index is 12.4. The van der Waals surface area contributed by atoms with Crippen molar-refractivity contribution in [1.29, 1.82) is 0 Å². The fourth-order valence-corrected chi connectivity index (χ4v) is 4.14. The molecule has 0 aliphatic carbocycles. The Morgan fingerprint density at radius 1 is 1.28 bits per heavy atom. The van der Waals surface area contributed by atoms with E-state index in [1.54, 1.807) is 0 Å². The molecule has 1 unspecified atom stereocenters. The number of benzene rings is 1. The van der Waals surface area contributed by atoms with Gasteiger partial charge < -0.3 is 0 Å². The van der Waals surface area contributed by atoms with Gasteiger partial charge in [-0.3, -0.25) is 0 Å². The Kier molecular flexibility index (Phi) is 4.95. The molecular formula is C15H23NOS. The molecule has 2 atom stereocenters. The smallest absolute Gasteiger partial charge is 0.0950 e. The molecule has 1 aromatic rings. The molecule has 2 nitrogen and oxygen atoms in total. The van der Waals surface area contributed by atoms with Crippen LogP contribution in [-0.4, -0.2) is 20.8 Å². The monoisotopic (exact) mass is 265 g/mol. The average Bonchev–Trinajstić information content (AvgIpc) is 2.39. The van der Waals surface area contributed by atoms with E-state index in [1.165, 1.54) is 18.4 Å². The molecule has 0 radical (unpaired) electrons. The van der Waals surface area contributed by atoms with Gasteiger partial charge in [0.25, 0.3) is 0 Å². The van der Waals surface area contributed by atoms with Crippen molar-refractivity contribution in [2.24, 2.45) is 5.92 Å². The van der Waals surface area contributed by atoms with Crippen LogP contribution in [0.4, 0.5) is 0 Å². The molecule has 0 N–H and O–H groups in total. The topological polar surface area (TPSA) is 20.3 Å². The molecule has 0 bridgehead atoms. The van der Waals surface area contributed by atoms with Gasteiger partial charge in [0, 0.05) is 18.3 Å². The van der Waals surface area contributed by atoms with E-state index in [-0.39, 0.29) is 0 Å². The first-order chi connectivity index (χ1) is 8.68. The summed E-state index contributed by atoms with van der Waals surface area (Å²) in [7, 11) is -0.834. The van der Waals surface area contributed by atoms with E-state index in [0.29, 0.717) is 12.0 Å². The second-order valence-corrected chi connectivity index (χ2v) is 6.89. The predicted molar refractivity (Wildman–Crippen MR) is 77.6 cm³/mol. The third kappa shape index (κ3) is 3.42. The van der Waals surface area contributed by atoms with Gasteiger partial charge in [-0.15, -0.1) is 0 Å². The summed E-state index contributed by atoms with van der Waals surface area (Å²) < 4.78 is 14.6. The van der Waals surface area contributed by atoms with Crippen molar-refractivity contribution >= 4 is 11.0 Å². The van der Waals surface area contributed by atoms with Crippen LogP contribution in [0.5, 0.6) is 0 Å². The number of piperidine rings is 1. The SMILES string of the molecule is CC(C)CS(=O)N1CCCC[C@H]1c1ccccc1. The van der Waals surface area contributed by atoms with E-state index in [2.05, 4.69) is 42.4 Å². The molecule has 1 fully saturated rings. The summed E-state index contributed by atoms with van der Waals surface area (Å²) in [5, 5.41) is 0. The highest BCUT2D eigenvalue weighted by Gasteiger charge is 2.28. The van der Waals surface area contributed by atoms with Crippen molar-refractivity contribution in [1.82, 2.24) is 4.31 Å². The van der Waals surface area contributed by atoms with Crippen molar-refractivity contribution in [3.05, 3.63) is 35.9 Å². The van der Waals surface area contributed by atoms with Crippen LogP contribution in [-0.2, 0) is 11.0 Å². The second-order valence-electron chi connectivity index (χ2n) is 5.44.